The highest BCUT2D eigenvalue weighted by Gasteiger charge is 2.19. The third-order valence-electron chi connectivity index (χ3n) is 3.98. The molecule has 2 N–H and O–H groups in total. The van der Waals surface area contributed by atoms with Crippen LogP contribution in [0.2, 0.25) is 0 Å². The summed E-state index contributed by atoms with van der Waals surface area (Å²) in [5.41, 5.74) is 0. The molecule has 0 aliphatic carbocycles. The van der Waals surface area contributed by atoms with E-state index < -0.39 is 0 Å². The molecule has 1 rings (SSSR count). The van der Waals surface area contributed by atoms with Crippen molar-refractivity contribution in [2.24, 2.45) is 17.8 Å². The Labute approximate surface area is 122 Å². The lowest BCUT2D eigenvalue weighted by atomic mass is 9.85. The number of amides is 1. The quantitative estimate of drug-likeness (QED) is 0.755. The fourth-order valence-electron chi connectivity index (χ4n) is 2.68. The first-order valence-corrected chi connectivity index (χ1v) is 8.64. The van der Waals surface area contributed by atoms with E-state index in [4.69, 9.17) is 0 Å². The topological polar surface area (TPSA) is 41.1 Å². The molecule has 3 nitrogen and oxygen atoms in total. The molecule has 1 amide bonds. The maximum atomic E-state index is 11.9. The maximum Gasteiger partial charge on any atom is 0.230 e. The summed E-state index contributed by atoms with van der Waals surface area (Å²) in [4.78, 5) is 11.9. The van der Waals surface area contributed by atoms with Crippen molar-refractivity contribution in [1.29, 1.82) is 0 Å². The van der Waals surface area contributed by atoms with E-state index in [1.54, 1.807) is 0 Å². The third-order valence-corrected chi connectivity index (χ3v) is 5.36. The van der Waals surface area contributed by atoms with Crippen LogP contribution >= 0.6 is 11.8 Å². The van der Waals surface area contributed by atoms with Gasteiger partial charge in [0, 0.05) is 11.8 Å². The average Bonchev–Trinajstić information content (AvgIpc) is 2.37. The monoisotopic (exact) mass is 286 g/mol. The Hall–Kier alpha value is -0.220. The molecule has 1 saturated heterocycles. The molecule has 19 heavy (non-hydrogen) atoms. The second-order valence-corrected chi connectivity index (χ2v) is 7.51. The van der Waals surface area contributed by atoms with Gasteiger partial charge in [-0.2, -0.15) is 0 Å². The summed E-state index contributed by atoms with van der Waals surface area (Å²) in [7, 11) is 0. The number of hydrogen-bond donors (Lipinski definition) is 2. The molecular weight excluding hydrogens is 256 g/mol. The predicted molar refractivity (Wildman–Crippen MR) is 84.5 cm³/mol. The normalized spacial score (nSPS) is 17.4. The van der Waals surface area contributed by atoms with Gasteiger partial charge in [-0.15, -0.1) is 11.8 Å². The Morgan fingerprint density at radius 3 is 2.32 bits per heavy atom. The smallest absolute Gasteiger partial charge is 0.230 e. The summed E-state index contributed by atoms with van der Waals surface area (Å²) >= 11 is 1.82. The Bertz CT molecular complexity index is 255. The Kier molecular flexibility index (Phi) is 7.84. The standard InChI is InChI=1S/C15H30N2OS/c1-11(2)14(12(3)4)9-17-15(18)10-19-13-5-7-16-8-6-13/h11-14,16H,5-10H2,1-4H3,(H,17,18). The molecule has 0 aromatic carbocycles. The molecule has 0 bridgehead atoms. The van der Waals surface area contributed by atoms with Gasteiger partial charge >= 0.3 is 0 Å². The van der Waals surface area contributed by atoms with Gasteiger partial charge in [-0.3, -0.25) is 4.79 Å². The third kappa shape index (κ3) is 6.66. The van der Waals surface area contributed by atoms with Crippen LogP contribution in [0.4, 0.5) is 0 Å². The number of carbonyl (C=O) groups is 1. The first kappa shape index (κ1) is 16.8. The minimum atomic E-state index is 0.204. The van der Waals surface area contributed by atoms with E-state index in [-0.39, 0.29) is 5.91 Å². The second kappa shape index (κ2) is 8.85. The highest BCUT2D eigenvalue weighted by Crippen LogP contribution is 2.21. The Morgan fingerprint density at radius 1 is 1.21 bits per heavy atom. The summed E-state index contributed by atoms with van der Waals surface area (Å²) in [6.45, 7) is 12.0. The Morgan fingerprint density at radius 2 is 1.79 bits per heavy atom. The molecular formula is C15H30N2OS. The van der Waals surface area contributed by atoms with Crippen LogP contribution < -0.4 is 10.6 Å². The minimum Gasteiger partial charge on any atom is -0.355 e. The summed E-state index contributed by atoms with van der Waals surface area (Å²) in [6.07, 6.45) is 2.39. The first-order chi connectivity index (χ1) is 9.00. The van der Waals surface area contributed by atoms with Gasteiger partial charge in [-0.05, 0) is 43.7 Å². The summed E-state index contributed by atoms with van der Waals surface area (Å²) in [5, 5.41) is 7.13. The highest BCUT2D eigenvalue weighted by atomic mass is 32.2. The van der Waals surface area contributed by atoms with Gasteiger partial charge < -0.3 is 10.6 Å². The summed E-state index contributed by atoms with van der Waals surface area (Å²) in [6, 6.07) is 0. The van der Waals surface area contributed by atoms with Crippen molar-refractivity contribution in [1.82, 2.24) is 10.6 Å². The van der Waals surface area contributed by atoms with Crippen molar-refractivity contribution in [3.8, 4) is 0 Å². The van der Waals surface area contributed by atoms with Gasteiger partial charge in [-0.25, -0.2) is 0 Å². The number of piperidine rings is 1. The largest absolute Gasteiger partial charge is 0.355 e. The van der Waals surface area contributed by atoms with Crippen LogP contribution in [0.1, 0.15) is 40.5 Å². The number of hydrogen-bond acceptors (Lipinski definition) is 3. The van der Waals surface area contributed by atoms with Crippen molar-refractivity contribution in [3.05, 3.63) is 0 Å². The van der Waals surface area contributed by atoms with Gasteiger partial charge in [0.1, 0.15) is 0 Å². The van der Waals surface area contributed by atoms with Gasteiger partial charge in [0.05, 0.1) is 5.75 Å². The van der Waals surface area contributed by atoms with Gasteiger partial charge in [0.15, 0.2) is 0 Å². The molecule has 0 aromatic rings. The molecule has 0 radical (unpaired) electrons. The first-order valence-electron chi connectivity index (χ1n) is 7.59. The fourth-order valence-corrected chi connectivity index (χ4v) is 3.74. The molecule has 0 atom stereocenters. The molecule has 0 spiro atoms. The number of nitrogens with one attached hydrogen (secondary N) is 2. The van der Waals surface area contributed by atoms with Crippen LogP contribution in [0.15, 0.2) is 0 Å². The molecule has 1 aliphatic heterocycles. The average molecular weight is 286 g/mol. The highest BCUT2D eigenvalue weighted by molar-refractivity contribution is 8.00. The van der Waals surface area contributed by atoms with Gasteiger partial charge in [0.25, 0.3) is 0 Å². The van der Waals surface area contributed by atoms with Crippen LogP contribution in [0.5, 0.6) is 0 Å². The molecule has 1 aliphatic rings. The van der Waals surface area contributed by atoms with E-state index in [2.05, 4.69) is 38.3 Å². The summed E-state index contributed by atoms with van der Waals surface area (Å²) < 4.78 is 0. The van der Waals surface area contributed by atoms with E-state index in [1.165, 1.54) is 12.8 Å². The number of thioether (sulfide) groups is 1. The van der Waals surface area contributed by atoms with Crippen molar-refractivity contribution in [2.45, 2.75) is 45.8 Å². The van der Waals surface area contributed by atoms with Crippen LogP contribution in [0.3, 0.4) is 0 Å². The van der Waals surface area contributed by atoms with Crippen LogP contribution in [0, 0.1) is 17.8 Å². The maximum absolute atomic E-state index is 11.9. The molecule has 0 unspecified atom stereocenters. The van der Waals surface area contributed by atoms with Gasteiger partial charge in [-0.1, -0.05) is 27.7 Å². The van der Waals surface area contributed by atoms with Crippen molar-refractivity contribution < 1.29 is 4.79 Å². The Balaban J connectivity index is 2.19. The van der Waals surface area contributed by atoms with Crippen molar-refractivity contribution in [3.63, 3.8) is 0 Å². The SMILES string of the molecule is CC(C)C(CNC(=O)CSC1CCNCC1)C(C)C. The zero-order valence-electron chi connectivity index (χ0n) is 12.9. The van der Waals surface area contributed by atoms with Gasteiger partial charge in [0.2, 0.25) is 5.91 Å². The zero-order chi connectivity index (χ0) is 14.3. The number of carbonyl (C=O) groups excluding carboxylic acids is 1. The molecule has 1 fully saturated rings. The van der Waals surface area contributed by atoms with Crippen molar-refractivity contribution >= 4 is 17.7 Å². The zero-order valence-corrected chi connectivity index (χ0v) is 13.7. The van der Waals surface area contributed by atoms with Crippen LogP contribution in [-0.2, 0) is 4.79 Å². The van der Waals surface area contributed by atoms with Crippen molar-refractivity contribution in [2.75, 3.05) is 25.4 Å². The lowest BCUT2D eigenvalue weighted by molar-refractivity contribution is -0.118. The molecule has 4 heteroatoms. The molecule has 0 saturated carbocycles. The second-order valence-electron chi connectivity index (χ2n) is 6.22. The van der Waals surface area contributed by atoms with E-state index in [0.29, 0.717) is 28.8 Å². The minimum absolute atomic E-state index is 0.204. The fraction of sp³-hybridized carbons (Fsp3) is 0.933. The van der Waals surface area contributed by atoms with Crippen LogP contribution in [-0.4, -0.2) is 36.5 Å². The van der Waals surface area contributed by atoms with E-state index in [9.17, 15) is 4.79 Å². The number of rotatable bonds is 7. The molecule has 0 aromatic heterocycles. The molecule has 112 valence electrons. The predicted octanol–water partition coefficient (Wildman–Crippen LogP) is 2.52. The van der Waals surface area contributed by atoms with Crippen LogP contribution in [0.25, 0.3) is 0 Å². The van der Waals surface area contributed by atoms with E-state index in [0.717, 1.165) is 19.6 Å². The van der Waals surface area contributed by atoms with E-state index in [1.807, 2.05) is 11.8 Å². The summed E-state index contributed by atoms with van der Waals surface area (Å²) in [5.74, 6) is 2.64. The lowest BCUT2D eigenvalue weighted by Crippen LogP contribution is -2.36. The molecule has 1 heterocycles. The lowest BCUT2D eigenvalue weighted by Gasteiger charge is -2.25. The van der Waals surface area contributed by atoms with E-state index >= 15 is 0 Å².